The third-order valence-electron chi connectivity index (χ3n) is 0. The molecule has 1 nitrogen and oxygen atoms in total. The van der Waals surface area contributed by atoms with Crippen molar-refractivity contribution in [3.8, 4) is 0 Å². The van der Waals surface area contributed by atoms with Crippen molar-refractivity contribution < 1.29 is 48.2 Å². The van der Waals surface area contributed by atoms with Crippen molar-refractivity contribution in [1.29, 1.82) is 0 Å². The summed E-state index contributed by atoms with van der Waals surface area (Å²) in [7, 11) is 0. The molecule has 0 N–H and O–H groups in total. The predicted molar refractivity (Wildman–Crippen MR) is 7.84 cm³/mol. The zero-order valence-electron chi connectivity index (χ0n) is 2.32. The molecule has 0 unspecified atom stereocenters. The van der Waals surface area contributed by atoms with Crippen LogP contribution in [0.25, 0.3) is 0 Å². The third kappa shape index (κ3) is 8.90. The Morgan fingerprint density at radius 2 is 1.25 bits per heavy atom. The summed E-state index contributed by atoms with van der Waals surface area (Å²) in [6.07, 6.45) is 0. The van der Waals surface area contributed by atoms with Crippen LogP contribution in [0, 0.1) is 0 Å². The van der Waals surface area contributed by atoms with Gasteiger partial charge >= 0.3 is 27.2 Å². The molecule has 0 fully saturated rings. The van der Waals surface area contributed by atoms with Crippen LogP contribution in [0.1, 0.15) is 0 Å². The molecule has 0 bridgehead atoms. The molecule has 4 heteroatoms. The average Bonchev–Trinajstić information content (AvgIpc) is 1.00. The maximum atomic E-state index is 8.42. The molecule has 0 spiro atoms. The Balaban J connectivity index is -0.00000000500. The van der Waals surface area contributed by atoms with Crippen LogP contribution in [-0.4, -0.2) is 24.4 Å². The van der Waals surface area contributed by atoms with Crippen LogP contribution in [0.5, 0.6) is 0 Å². The first-order chi connectivity index (χ1) is 1.00. The zero-order valence-corrected chi connectivity index (χ0v) is 12.9. The zero-order chi connectivity index (χ0) is 2.00. The first-order valence-corrected chi connectivity index (χ1v) is 1.94. The maximum absolute atomic E-state index is 8.42. The van der Waals surface area contributed by atoms with Gasteiger partial charge < -0.3 is 0 Å². The molecule has 0 saturated carbocycles. The Morgan fingerprint density at radius 1 is 1.25 bits per heavy atom. The smallest absolute Gasteiger partial charge is 0 e. The van der Waals surface area contributed by atoms with Gasteiger partial charge in [0.15, 0.2) is 0 Å². The summed E-state index contributed by atoms with van der Waals surface area (Å²) < 4.78 is 8.42. The van der Waals surface area contributed by atoms with Crippen molar-refractivity contribution >= 4 is 24.4 Å². The molecular formula is HHfInOZn. The second-order valence-electron chi connectivity index (χ2n) is 0. The number of hydrogen-bond donors (Lipinski definition) is 0. The molecular weight excluding hydrogens is 375 g/mol. The van der Waals surface area contributed by atoms with Gasteiger partial charge in [-0.05, 0) is 0 Å². The molecule has 0 aromatic heterocycles. The summed E-state index contributed by atoms with van der Waals surface area (Å²) in [5, 5.41) is 0. The Bertz CT molecular complexity index is 8.00. The summed E-state index contributed by atoms with van der Waals surface area (Å²) in [6, 6.07) is 0. The molecule has 0 aliphatic carbocycles. The van der Waals surface area contributed by atoms with Crippen LogP contribution in [0.2, 0.25) is 0 Å². The first-order valence-electron chi connectivity index (χ1n) is 0.289. The number of hydrogen-bond acceptors (Lipinski definition) is 1. The molecule has 0 atom stereocenters. The molecule has 0 saturated heterocycles. The Hall–Kier alpha value is 2.16. The van der Waals surface area contributed by atoms with Crippen LogP contribution in [0.4, 0.5) is 0 Å². The van der Waals surface area contributed by atoms with Crippen LogP contribution in [0.3, 0.4) is 0 Å². The van der Waals surface area contributed by atoms with E-state index in [1.165, 1.54) is 0 Å². The molecule has 0 aliphatic rings. The second-order valence-corrected chi connectivity index (χ2v) is 0. The fourth-order valence-electron chi connectivity index (χ4n) is 0. The Labute approximate surface area is 71.5 Å². The number of rotatable bonds is 0. The maximum Gasteiger partial charge on any atom is 0 e. The van der Waals surface area contributed by atoms with Gasteiger partial charge in [0, 0.05) is 45.3 Å². The molecule has 4 heavy (non-hydrogen) atoms. The minimum absolute atomic E-state index is 0. The Kier molecular flexibility index (Phi) is 78.5. The molecule has 0 rings (SSSR count). The van der Waals surface area contributed by atoms with Crippen LogP contribution >= 0.6 is 0 Å². The fraction of sp³-hybridized carbons (Fsp3) is 0. The van der Waals surface area contributed by atoms with E-state index in [4.69, 9.17) is 2.85 Å². The predicted octanol–water partition coefficient (Wildman–Crippen LogP) is -0.772. The SMILES string of the molecule is [Hf].[O]=[InH].[Zn]. The van der Waals surface area contributed by atoms with Crippen molar-refractivity contribution in [2.24, 2.45) is 0 Å². The van der Waals surface area contributed by atoms with Crippen molar-refractivity contribution in [2.45, 2.75) is 0 Å². The van der Waals surface area contributed by atoms with Crippen LogP contribution < -0.4 is 0 Å². The van der Waals surface area contributed by atoms with E-state index in [9.17, 15) is 0 Å². The summed E-state index contributed by atoms with van der Waals surface area (Å²) in [4.78, 5) is 0. The van der Waals surface area contributed by atoms with Gasteiger partial charge in [0.05, 0.1) is 0 Å². The van der Waals surface area contributed by atoms with Gasteiger partial charge in [0.1, 0.15) is 0 Å². The van der Waals surface area contributed by atoms with E-state index >= 15 is 0 Å². The molecule has 0 radical (unpaired) electrons. The minimum atomic E-state index is -0.1000. The van der Waals surface area contributed by atoms with Gasteiger partial charge in [-0.1, -0.05) is 0 Å². The molecule has 0 aromatic rings. The summed E-state index contributed by atoms with van der Waals surface area (Å²) in [5.74, 6) is 0. The first kappa shape index (κ1) is 16.4. The normalized spacial score (nSPS) is 0.750. The monoisotopic (exact) mass is 376 g/mol. The van der Waals surface area contributed by atoms with Gasteiger partial charge in [0.25, 0.3) is 0 Å². The van der Waals surface area contributed by atoms with Gasteiger partial charge in [-0.2, -0.15) is 0 Å². The van der Waals surface area contributed by atoms with Crippen molar-refractivity contribution in [3.05, 3.63) is 0 Å². The van der Waals surface area contributed by atoms with Crippen molar-refractivity contribution in [3.63, 3.8) is 0 Å². The average molecular weight is 376 g/mol. The fourth-order valence-corrected chi connectivity index (χ4v) is 0. The van der Waals surface area contributed by atoms with E-state index in [1.54, 1.807) is 0 Å². The molecule has 0 aromatic carbocycles. The summed E-state index contributed by atoms with van der Waals surface area (Å²) in [5.41, 5.74) is 0. The van der Waals surface area contributed by atoms with E-state index < -0.39 is 0 Å². The van der Waals surface area contributed by atoms with Crippen molar-refractivity contribution in [2.75, 3.05) is 0 Å². The summed E-state index contributed by atoms with van der Waals surface area (Å²) >= 11 is -0.1000. The van der Waals surface area contributed by atoms with Gasteiger partial charge in [0.2, 0.25) is 0 Å². The van der Waals surface area contributed by atoms with E-state index in [1.807, 2.05) is 0 Å². The Morgan fingerprint density at radius 3 is 1.25 bits per heavy atom. The van der Waals surface area contributed by atoms with Crippen molar-refractivity contribution in [1.82, 2.24) is 0 Å². The van der Waals surface area contributed by atoms with E-state index in [2.05, 4.69) is 0 Å². The van der Waals surface area contributed by atoms with Gasteiger partial charge in [-0.3, -0.25) is 0 Å². The largest absolute Gasteiger partial charge is 0 e. The third-order valence-corrected chi connectivity index (χ3v) is 0. The minimum Gasteiger partial charge on any atom is 0 e. The van der Waals surface area contributed by atoms with E-state index in [0.717, 1.165) is 0 Å². The molecule has 0 aliphatic heterocycles. The van der Waals surface area contributed by atoms with Crippen LogP contribution in [-0.2, 0) is 48.2 Å². The quantitative estimate of drug-likeness (QED) is 0.508. The van der Waals surface area contributed by atoms with Gasteiger partial charge in [-0.25, -0.2) is 0 Å². The van der Waals surface area contributed by atoms with E-state index in [0.29, 0.717) is 0 Å². The second kappa shape index (κ2) is 19.1. The molecule has 0 amide bonds. The van der Waals surface area contributed by atoms with Crippen LogP contribution in [0.15, 0.2) is 0 Å². The topological polar surface area (TPSA) is 17.1 Å². The van der Waals surface area contributed by atoms with Gasteiger partial charge in [-0.15, -0.1) is 0 Å². The standard InChI is InChI=1S/Hf.In.O.Zn.H. The van der Waals surface area contributed by atoms with E-state index in [-0.39, 0.29) is 69.7 Å². The molecule has 16 valence electrons. The molecule has 0 heterocycles. The summed E-state index contributed by atoms with van der Waals surface area (Å²) in [6.45, 7) is 0.